The van der Waals surface area contributed by atoms with Gasteiger partial charge in [-0.1, -0.05) is 17.3 Å². The first kappa shape index (κ1) is 23.6. The summed E-state index contributed by atoms with van der Waals surface area (Å²) in [6, 6.07) is 13.6. The molecule has 3 aliphatic rings. The number of halogens is 4. The second-order valence-corrected chi connectivity index (χ2v) is 11.6. The Labute approximate surface area is 205 Å². The van der Waals surface area contributed by atoms with Crippen LogP contribution in [0.15, 0.2) is 53.1 Å². The Balaban J connectivity index is 1.29. The molecule has 1 saturated carbocycles. The second kappa shape index (κ2) is 8.12. The molecule has 2 aromatic carbocycles. The molecule has 190 valence electrons. The summed E-state index contributed by atoms with van der Waals surface area (Å²) in [5, 5.41) is 4.10. The Kier molecular flexibility index (Phi) is 5.33. The van der Waals surface area contributed by atoms with Crippen molar-refractivity contribution in [3.05, 3.63) is 65.5 Å². The summed E-state index contributed by atoms with van der Waals surface area (Å²) in [5.41, 5.74) is 3.28. The van der Waals surface area contributed by atoms with Gasteiger partial charge in [0.15, 0.2) is 5.76 Å². The van der Waals surface area contributed by atoms with E-state index in [9.17, 15) is 26.0 Å². The van der Waals surface area contributed by atoms with Gasteiger partial charge in [0.05, 0.1) is 5.54 Å². The number of nitrogens with one attached hydrogen (secondary N) is 1. The largest absolute Gasteiger partial charge is 0.402 e. The second-order valence-electron chi connectivity index (χ2n) is 9.98. The van der Waals surface area contributed by atoms with Gasteiger partial charge in [0.2, 0.25) is 0 Å². The van der Waals surface area contributed by atoms with Crippen LogP contribution in [0.4, 0.5) is 17.6 Å². The maximum Gasteiger partial charge on any atom is 0.402 e. The zero-order valence-corrected chi connectivity index (χ0v) is 19.9. The van der Waals surface area contributed by atoms with Crippen molar-refractivity contribution in [1.82, 2.24) is 14.2 Å². The highest BCUT2D eigenvalue weighted by atomic mass is 32.2. The van der Waals surface area contributed by atoms with Crippen LogP contribution < -0.4 is 4.72 Å². The summed E-state index contributed by atoms with van der Waals surface area (Å²) in [6.45, 7) is -1.66. The van der Waals surface area contributed by atoms with Gasteiger partial charge in [-0.2, -0.15) is 30.6 Å². The molecule has 0 unspecified atom stereocenters. The van der Waals surface area contributed by atoms with Crippen LogP contribution in [0.2, 0.25) is 0 Å². The van der Waals surface area contributed by atoms with Crippen LogP contribution in [-0.4, -0.2) is 42.7 Å². The highest BCUT2D eigenvalue weighted by molar-refractivity contribution is 7.87. The van der Waals surface area contributed by atoms with Crippen LogP contribution in [0, 0.1) is 17.7 Å². The molecule has 1 saturated heterocycles. The maximum absolute atomic E-state index is 13.2. The van der Waals surface area contributed by atoms with E-state index in [4.69, 9.17) is 4.52 Å². The molecule has 6 rings (SSSR count). The normalized spacial score (nSPS) is 27.3. The number of rotatable bonds is 3. The van der Waals surface area contributed by atoms with E-state index in [0.717, 1.165) is 35.1 Å². The highest BCUT2D eigenvalue weighted by Crippen LogP contribution is 2.51. The van der Waals surface area contributed by atoms with E-state index < -0.39 is 28.5 Å². The Bertz CT molecular complexity index is 1420. The van der Waals surface area contributed by atoms with Gasteiger partial charge < -0.3 is 4.52 Å². The van der Waals surface area contributed by atoms with E-state index in [1.165, 1.54) is 12.1 Å². The van der Waals surface area contributed by atoms with Gasteiger partial charge in [-0.15, -0.1) is 0 Å². The lowest BCUT2D eigenvalue weighted by Gasteiger charge is -2.33. The molecule has 2 heterocycles. The van der Waals surface area contributed by atoms with E-state index in [1.807, 2.05) is 18.2 Å². The number of aromatic nitrogens is 1. The van der Waals surface area contributed by atoms with Gasteiger partial charge in [0, 0.05) is 23.7 Å². The Morgan fingerprint density at radius 1 is 1.00 bits per heavy atom. The van der Waals surface area contributed by atoms with E-state index >= 15 is 0 Å². The van der Waals surface area contributed by atoms with Crippen molar-refractivity contribution in [3.63, 3.8) is 0 Å². The molecule has 1 N–H and O–H groups in total. The van der Waals surface area contributed by atoms with Crippen LogP contribution in [0.5, 0.6) is 0 Å². The number of hydrogen-bond acceptors (Lipinski definition) is 4. The molecule has 2 bridgehead atoms. The predicted molar refractivity (Wildman–Crippen MR) is 123 cm³/mol. The summed E-state index contributed by atoms with van der Waals surface area (Å²) in [7, 11) is -4.22. The zero-order valence-electron chi connectivity index (χ0n) is 19.1. The monoisotopic (exact) mass is 521 g/mol. The molecule has 1 aliphatic heterocycles. The smallest absolute Gasteiger partial charge is 0.356 e. The molecule has 3 atom stereocenters. The van der Waals surface area contributed by atoms with Gasteiger partial charge in [-0.25, -0.2) is 4.39 Å². The summed E-state index contributed by atoms with van der Waals surface area (Å²) in [4.78, 5) is 0. The molecule has 0 amide bonds. The van der Waals surface area contributed by atoms with Crippen LogP contribution in [0.25, 0.3) is 22.6 Å². The average Bonchev–Trinajstić information content (AvgIpc) is 3.43. The Hall–Kier alpha value is -2.76. The Morgan fingerprint density at radius 2 is 1.67 bits per heavy atom. The molecular weight excluding hydrogens is 498 g/mol. The van der Waals surface area contributed by atoms with Crippen LogP contribution in [0.1, 0.15) is 24.0 Å². The van der Waals surface area contributed by atoms with Crippen LogP contribution >= 0.6 is 0 Å². The molecule has 1 spiro atoms. The molecule has 1 aromatic heterocycles. The number of alkyl halides is 3. The molecule has 36 heavy (non-hydrogen) atoms. The topological polar surface area (TPSA) is 75.4 Å². The first-order chi connectivity index (χ1) is 17.0. The predicted octanol–water partition coefficient (Wildman–Crippen LogP) is 4.72. The van der Waals surface area contributed by atoms with Gasteiger partial charge in [-0.3, -0.25) is 0 Å². The van der Waals surface area contributed by atoms with Crippen molar-refractivity contribution in [1.29, 1.82) is 0 Å². The fourth-order valence-electron chi connectivity index (χ4n) is 6.17. The molecular formula is C25H23F4N3O3S. The summed E-state index contributed by atoms with van der Waals surface area (Å²) < 4.78 is 86.6. The van der Waals surface area contributed by atoms with Crippen molar-refractivity contribution >= 4 is 10.2 Å². The van der Waals surface area contributed by atoms with Crippen molar-refractivity contribution in [2.24, 2.45) is 11.8 Å². The number of benzene rings is 2. The van der Waals surface area contributed by atoms with Gasteiger partial charge in [0.25, 0.3) is 10.2 Å². The van der Waals surface area contributed by atoms with Crippen molar-refractivity contribution < 1.29 is 30.5 Å². The number of hydrogen-bond donors (Lipinski definition) is 1. The third-order valence-corrected chi connectivity index (χ3v) is 9.42. The number of nitrogens with zero attached hydrogens (tertiary/aromatic N) is 2. The van der Waals surface area contributed by atoms with Crippen LogP contribution in [-0.2, 0) is 23.1 Å². The third kappa shape index (κ3) is 4.03. The number of fused-ring (bicyclic) bond motifs is 1. The standard InChI is InChI=1S/C25H23F4N3O3S/c26-21-7-3-15(4-8-21)22-12-23(35-30-22)17-2-1-16-10-19-5-6-20(11-18(16)9-17)24(19)13-32(14-25(27,28)29)36(33,34)31-24/h1-4,7-9,12,19-20,31H,5-6,10-11,13-14H2/t19-,20+,24+/m0/s1. The highest BCUT2D eigenvalue weighted by Gasteiger charge is 2.60. The fraction of sp³-hybridized carbons (Fsp3) is 0.400. The SMILES string of the molecule is O=S1(=O)N[C@@]2(CN1CC(F)(F)F)[C@@H]1CC[C@H]2Cc2ccc(-c3cc(-c4ccc(F)cc4)no3)cc2C1. The van der Waals surface area contributed by atoms with Crippen LogP contribution in [0.3, 0.4) is 0 Å². The zero-order chi connectivity index (χ0) is 25.3. The lowest BCUT2D eigenvalue weighted by molar-refractivity contribution is -0.136. The van der Waals surface area contributed by atoms with E-state index in [2.05, 4.69) is 9.88 Å². The minimum Gasteiger partial charge on any atom is -0.356 e. The van der Waals surface area contributed by atoms with Crippen molar-refractivity contribution in [2.45, 2.75) is 37.4 Å². The molecule has 0 radical (unpaired) electrons. The van der Waals surface area contributed by atoms with Crippen molar-refractivity contribution in [2.75, 3.05) is 13.1 Å². The molecule has 2 aliphatic carbocycles. The lowest BCUT2D eigenvalue weighted by atomic mass is 9.79. The summed E-state index contributed by atoms with van der Waals surface area (Å²) in [6.07, 6.45) is -1.95. The quantitative estimate of drug-likeness (QED) is 0.506. The van der Waals surface area contributed by atoms with E-state index in [1.54, 1.807) is 18.2 Å². The maximum atomic E-state index is 13.2. The molecule has 11 heteroatoms. The fourth-order valence-corrected chi connectivity index (χ4v) is 7.87. The first-order valence-electron chi connectivity index (χ1n) is 11.7. The molecule has 6 nitrogen and oxygen atoms in total. The van der Waals surface area contributed by atoms with Gasteiger partial charge in [-0.05, 0) is 79.0 Å². The van der Waals surface area contributed by atoms with Gasteiger partial charge in [0.1, 0.15) is 18.1 Å². The van der Waals surface area contributed by atoms with Gasteiger partial charge >= 0.3 is 6.18 Å². The molecule has 2 fully saturated rings. The summed E-state index contributed by atoms with van der Waals surface area (Å²) in [5.74, 6) is 0.0000132. The van der Waals surface area contributed by atoms with E-state index in [-0.39, 0.29) is 24.2 Å². The minimum atomic E-state index is -4.61. The molecule has 3 aromatic rings. The minimum absolute atomic E-state index is 0.0852. The van der Waals surface area contributed by atoms with Crippen molar-refractivity contribution in [3.8, 4) is 22.6 Å². The summed E-state index contributed by atoms with van der Waals surface area (Å²) >= 11 is 0. The average molecular weight is 522 g/mol. The Morgan fingerprint density at radius 3 is 2.36 bits per heavy atom. The van der Waals surface area contributed by atoms with E-state index in [0.29, 0.717) is 28.6 Å². The lowest BCUT2D eigenvalue weighted by Crippen LogP contribution is -2.52. The third-order valence-electron chi connectivity index (χ3n) is 7.85. The first-order valence-corrected chi connectivity index (χ1v) is 13.2.